The minimum atomic E-state index is -0.810. The Morgan fingerprint density at radius 3 is 2.31 bits per heavy atom. The minimum Gasteiger partial charge on any atom is -0.351 e. The molecule has 0 bridgehead atoms. The molecule has 2 aliphatic heterocycles. The van der Waals surface area contributed by atoms with Crippen LogP contribution in [0.2, 0.25) is 0 Å². The van der Waals surface area contributed by atoms with Crippen molar-refractivity contribution in [2.75, 3.05) is 0 Å². The Labute approximate surface area is 157 Å². The molecule has 128 valence electrons. The van der Waals surface area contributed by atoms with Crippen LogP contribution in [0.5, 0.6) is 0 Å². The van der Waals surface area contributed by atoms with Crippen molar-refractivity contribution in [2.45, 2.75) is 28.8 Å². The molecular formula is C23H18O2S. The number of ether oxygens (including phenoxy) is 1. The lowest BCUT2D eigenvalue weighted by molar-refractivity contribution is 0.0861. The van der Waals surface area contributed by atoms with Gasteiger partial charge in [-0.05, 0) is 24.1 Å². The number of fused-ring (bicyclic) bond motifs is 1. The lowest BCUT2D eigenvalue weighted by Gasteiger charge is -2.30. The number of epoxide rings is 1. The summed E-state index contributed by atoms with van der Waals surface area (Å²) in [6, 6.07) is 26.4. The summed E-state index contributed by atoms with van der Waals surface area (Å²) in [7, 11) is 0. The topological polar surface area (TPSA) is 29.6 Å². The molecule has 0 radical (unpaired) electrons. The van der Waals surface area contributed by atoms with Crippen LogP contribution in [0.15, 0.2) is 83.8 Å². The highest BCUT2D eigenvalue weighted by atomic mass is 32.2. The van der Waals surface area contributed by atoms with Crippen molar-refractivity contribution in [3.63, 3.8) is 0 Å². The van der Waals surface area contributed by atoms with E-state index in [1.807, 2.05) is 42.5 Å². The molecule has 0 saturated carbocycles. The third kappa shape index (κ3) is 2.28. The van der Waals surface area contributed by atoms with Gasteiger partial charge in [-0.2, -0.15) is 0 Å². The third-order valence-electron chi connectivity index (χ3n) is 5.25. The standard InChI is InChI=1S/C23H18O2S/c1-15-11-13-16(14-12-15)21-23(25-21)20(24)18-9-5-6-10-19(18)26-22(23)17-7-3-2-4-8-17/h2-14,21-22H,1H3/t21-,22-,23-/m0/s1. The van der Waals surface area contributed by atoms with Crippen LogP contribution in [-0.2, 0) is 4.74 Å². The molecule has 1 fully saturated rings. The number of thioether (sulfide) groups is 1. The summed E-state index contributed by atoms with van der Waals surface area (Å²) in [6.45, 7) is 2.07. The highest BCUT2D eigenvalue weighted by Gasteiger charge is 2.69. The quantitative estimate of drug-likeness (QED) is 0.564. The summed E-state index contributed by atoms with van der Waals surface area (Å²) < 4.78 is 6.24. The molecule has 0 N–H and O–H groups in total. The van der Waals surface area contributed by atoms with Gasteiger partial charge < -0.3 is 4.74 Å². The van der Waals surface area contributed by atoms with Crippen LogP contribution in [0.1, 0.15) is 38.4 Å². The number of hydrogen-bond acceptors (Lipinski definition) is 3. The smallest absolute Gasteiger partial charge is 0.200 e. The van der Waals surface area contributed by atoms with Crippen LogP contribution in [0.4, 0.5) is 0 Å². The number of hydrogen-bond donors (Lipinski definition) is 0. The summed E-state index contributed by atoms with van der Waals surface area (Å²) in [5.41, 5.74) is 3.38. The van der Waals surface area contributed by atoms with Crippen molar-refractivity contribution in [3.8, 4) is 0 Å². The zero-order valence-electron chi connectivity index (χ0n) is 14.4. The molecule has 2 heterocycles. The molecule has 3 aromatic carbocycles. The van der Waals surface area contributed by atoms with E-state index in [9.17, 15) is 4.79 Å². The zero-order chi connectivity index (χ0) is 17.7. The predicted molar refractivity (Wildman–Crippen MR) is 104 cm³/mol. The largest absolute Gasteiger partial charge is 0.351 e. The molecule has 3 heteroatoms. The number of ketones is 1. The number of carbonyl (C=O) groups is 1. The Kier molecular flexibility index (Phi) is 3.56. The maximum absolute atomic E-state index is 13.5. The van der Waals surface area contributed by atoms with E-state index >= 15 is 0 Å². The van der Waals surface area contributed by atoms with Crippen LogP contribution in [0, 0.1) is 6.92 Å². The van der Waals surface area contributed by atoms with Crippen LogP contribution in [0.25, 0.3) is 0 Å². The molecule has 2 aliphatic rings. The fourth-order valence-electron chi connectivity index (χ4n) is 3.83. The van der Waals surface area contributed by atoms with Crippen molar-refractivity contribution < 1.29 is 9.53 Å². The van der Waals surface area contributed by atoms with Crippen LogP contribution in [-0.4, -0.2) is 11.4 Å². The molecule has 26 heavy (non-hydrogen) atoms. The number of benzene rings is 3. The second kappa shape index (κ2) is 5.83. The Balaban J connectivity index is 1.64. The molecule has 1 spiro atoms. The van der Waals surface area contributed by atoms with Crippen LogP contribution in [0.3, 0.4) is 0 Å². The number of Topliss-reactive ketones (excluding diaryl/α,β-unsaturated/α-hetero) is 1. The van der Waals surface area contributed by atoms with Crippen molar-refractivity contribution in [1.29, 1.82) is 0 Å². The second-order valence-electron chi connectivity index (χ2n) is 6.94. The molecule has 0 amide bonds. The fourth-order valence-corrected chi connectivity index (χ4v) is 5.29. The lowest BCUT2D eigenvalue weighted by atomic mass is 9.84. The number of rotatable bonds is 2. The first-order chi connectivity index (χ1) is 12.7. The Morgan fingerprint density at radius 2 is 1.54 bits per heavy atom. The normalized spacial score (nSPS) is 26.6. The van der Waals surface area contributed by atoms with E-state index in [1.54, 1.807) is 11.8 Å². The van der Waals surface area contributed by atoms with E-state index in [4.69, 9.17) is 4.74 Å². The Bertz CT molecular complexity index is 981. The highest BCUT2D eigenvalue weighted by Crippen LogP contribution is 2.66. The predicted octanol–water partition coefficient (Wildman–Crippen LogP) is 5.54. The van der Waals surface area contributed by atoms with Crippen molar-refractivity contribution in [3.05, 3.63) is 101 Å². The van der Waals surface area contributed by atoms with E-state index in [2.05, 4.69) is 43.3 Å². The Hall–Kier alpha value is -2.36. The molecule has 3 aromatic rings. The molecular weight excluding hydrogens is 340 g/mol. The average Bonchev–Trinajstić information content (AvgIpc) is 3.42. The van der Waals surface area contributed by atoms with Crippen LogP contribution < -0.4 is 0 Å². The van der Waals surface area contributed by atoms with Gasteiger partial charge >= 0.3 is 0 Å². The molecule has 0 unspecified atom stereocenters. The van der Waals surface area contributed by atoms with E-state index < -0.39 is 5.60 Å². The minimum absolute atomic E-state index is 0.0441. The van der Waals surface area contributed by atoms with E-state index in [0.29, 0.717) is 0 Å². The zero-order valence-corrected chi connectivity index (χ0v) is 15.2. The lowest BCUT2D eigenvalue weighted by Crippen LogP contribution is -2.35. The van der Waals surface area contributed by atoms with Gasteiger partial charge in [-0.25, -0.2) is 0 Å². The van der Waals surface area contributed by atoms with Crippen molar-refractivity contribution in [2.24, 2.45) is 0 Å². The van der Waals surface area contributed by atoms with Gasteiger partial charge in [0.2, 0.25) is 0 Å². The summed E-state index contributed by atoms with van der Waals surface area (Å²) >= 11 is 1.74. The first-order valence-corrected chi connectivity index (χ1v) is 9.68. The SMILES string of the molecule is Cc1ccc([C@@H]2O[C@@]23C(=O)c2ccccc2S[C@H]3c2ccccc2)cc1. The molecule has 3 atom stereocenters. The van der Waals surface area contributed by atoms with E-state index in [0.717, 1.165) is 21.6 Å². The first kappa shape index (κ1) is 15.9. The molecule has 0 aliphatic carbocycles. The second-order valence-corrected chi connectivity index (χ2v) is 8.08. The highest BCUT2D eigenvalue weighted by molar-refractivity contribution is 7.99. The van der Waals surface area contributed by atoms with Gasteiger partial charge in [0.1, 0.15) is 6.10 Å². The number of aryl methyl sites for hydroxylation is 1. The molecule has 2 nitrogen and oxygen atoms in total. The van der Waals surface area contributed by atoms with Gasteiger partial charge in [0, 0.05) is 10.5 Å². The maximum atomic E-state index is 13.5. The van der Waals surface area contributed by atoms with Gasteiger partial charge in [-0.15, -0.1) is 11.8 Å². The van der Waals surface area contributed by atoms with E-state index in [-0.39, 0.29) is 17.1 Å². The Morgan fingerprint density at radius 1 is 0.846 bits per heavy atom. The first-order valence-electron chi connectivity index (χ1n) is 8.80. The van der Waals surface area contributed by atoms with Gasteiger partial charge in [-0.1, -0.05) is 78.4 Å². The van der Waals surface area contributed by atoms with Crippen molar-refractivity contribution in [1.82, 2.24) is 0 Å². The summed E-state index contributed by atoms with van der Waals surface area (Å²) in [4.78, 5) is 14.5. The molecule has 5 rings (SSSR count). The number of carbonyl (C=O) groups excluding carboxylic acids is 1. The summed E-state index contributed by atoms with van der Waals surface area (Å²) in [5.74, 6) is 0.103. The average molecular weight is 358 g/mol. The van der Waals surface area contributed by atoms with Gasteiger partial charge in [0.05, 0.1) is 5.25 Å². The maximum Gasteiger partial charge on any atom is 0.200 e. The van der Waals surface area contributed by atoms with Crippen molar-refractivity contribution >= 4 is 17.5 Å². The van der Waals surface area contributed by atoms with Gasteiger partial charge in [-0.3, -0.25) is 4.79 Å². The van der Waals surface area contributed by atoms with Gasteiger partial charge in [0.15, 0.2) is 11.4 Å². The summed E-state index contributed by atoms with van der Waals surface area (Å²) in [6.07, 6.45) is -0.193. The van der Waals surface area contributed by atoms with Gasteiger partial charge in [0.25, 0.3) is 0 Å². The van der Waals surface area contributed by atoms with E-state index in [1.165, 1.54) is 5.56 Å². The molecule has 0 aromatic heterocycles. The monoisotopic (exact) mass is 358 g/mol. The summed E-state index contributed by atoms with van der Waals surface area (Å²) in [5, 5.41) is -0.0441. The third-order valence-corrected chi connectivity index (χ3v) is 6.72. The fraction of sp³-hybridized carbons (Fsp3) is 0.174. The molecule has 1 saturated heterocycles. The van der Waals surface area contributed by atoms with Crippen LogP contribution >= 0.6 is 11.8 Å².